The molecule has 0 aromatic heterocycles. The van der Waals surface area contributed by atoms with E-state index in [1.54, 1.807) is 7.05 Å². The maximum Gasteiger partial charge on any atom is 0.167 e. The molecule has 6 nitrogen and oxygen atoms in total. The lowest BCUT2D eigenvalue weighted by Crippen LogP contribution is -2.27. The van der Waals surface area contributed by atoms with E-state index in [0.717, 1.165) is 56.3 Å². The quantitative estimate of drug-likeness (QED) is 0.141. The number of nitrogens with two attached hydrogens (primary N) is 1. The fourth-order valence-corrected chi connectivity index (χ4v) is 3.81. The van der Waals surface area contributed by atoms with Crippen molar-refractivity contribution in [1.82, 2.24) is 10.3 Å². The third-order valence-corrected chi connectivity index (χ3v) is 5.20. The summed E-state index contributed by atoms with van der Waals surface area (Å²) >= 11 is 0. The second kappa shape index (κ2) is 11.4. The van der Waals surface area contributed by atoms with Crippen LogP contribution in [-0.4, -0.2) is 44.2 Å². The topological polar surface area (TPSA) is 82.8 Å². The highest BCUT2D eigenvalue weighted by Gasteiger charge is 2.27. The summed E-state index contributed by atoms with van der Waals surface area (Å²) in [5.41, 5.74) is 13.3. The Morgan fingerprint density at radius 1 is 1.31 bits per heavy atom. The van der Waals surface area contributed by atoms with Crippen molar-refractivity contribution in [2.75, 3.05) is 32.5 Å². The van der Waals surface area contributed by atoms with Gasteiger partial charge in [-0.25, -0.2) is 0 Å². The molecule has 6 heteroatoms. The van der Waals surface area contributed by atoms with Crippen LogP contribution in [-0.2, 0) is 11.2 Å². The lowest BCUT2D eigenvalue weighted by Gasteiger charge is -2.20. The molecule has 0 radical (unpaired) electrons. The van der Waals surface area contributed by atoms with Crippen molar-refractivity contribution in [3.63, 3.8) is 0 Å². The molecule has 1 aliphatic rings. The molecule has 1 unspecified atom stereocenters. The fourth-order valence-electron chi connectivity index (χ4n) is 3.81. The van der Waals surface area contributed by atoms with Crippen LogP contribution in [0.15, 0.2) is 52.3 Å². The van der Waals surface area contributed by atoms with Crippen molar-refractivity contribution < 1.29 is 4.79 Å². The van der Waals surface area contributed by atoms with Crippen LogP contribution in [0.25, 0.3) is 0 Å². The minimum Gasteiger partial charge on any atom is -0.381 e. The number of anilines is 1. The maximum atomic E-state index is 12.3. The number of amidine groups is 1. The number of aldehydes is 1. The van der Waals surface area contributed by atoms with Crippen molar-refractivity contribution in [2.24, 2.45) is 16.8 Å². The molecule has 0 spiro atoms. The van der Waals surface area contributed by atoms with E-state index in [4.69, 9.17) is 5.73 Å². The molecule has 0 aliphatic carbocycles. The van der Waals surface area contributed by atoms with Gasteiger partial charge in [0.25, 0.3) is 0 Å². The molecule has 1 heterocycles. The molecule has 4 N–H and O–H groups in total. The van der Waals surface area contributed by atoms with Gasteiger partial charge < -0.3 is 21.4 Å². The Morgan fingerprint density at radius 3 is 2.55 bits per heavy atom. The minimum atomic E-state index is 0.264. The average Bonchev–Trinajstić information content (AvgIpc) is 3.14. The zero-order valence-corrected chi connectivity index (χ0v) is 18.2. The summed E-state index contributed by atoms with van der Waals surface area (Å²) in [6.45, 7) is 6.22. The molecule has 0 bridgehead atoms. The van der Waals surface area contributed by atoms with Gasteiger partial charge in [-0.05, 0) is 62.0 Å². The lowest BCUT2D eigenvalue weighted by molar-refractivity contribution is -0.104. The zero-order chi connectivity index (χ0) is 21.2. The molecule has 2 rings (SSSR count). The molecule has 0 amide bonds. The van der Waals surface area contributed by atoms with Crippen LogP contribution in [0.4, 0.5) is 5.69 Å². The van der Waals surface area contributed by atoms with E-state index in [-0.39, 0.29) is 5.84 Å². The molecule has 0 saturated carbocycles. The second-order valence-electron chi connectivity index (χ2n) is 7.51. The summed E-state index contributed by atoms with van der Waals surface area (Å²) in [5.74, 6) is 0.576. The van der Waals surface area contributed by atoms with Gasteiger partial charge in [0, 0.05) is 24.9 Å². The van der Waals surface area contributed by atoms with Gasteiger partial charge in [0.15, 0.2) is 12.1 Å². The van der Waals surface area contributed by atoms with Crippen LogP contribution in [0.1, 0.15) is 38.7 Å². The number of hydrogen-bond donors (Lipinski definition) is 3. The third-order valence-electron chi connectivity index (χ3n) is 5.20. The minimum absolute atomic E-state index is 0.264. The first-order valence-electron chi connectivity index (χ1n) is 10.5. The van der Waals surface area contributed by atoms with Crippen LogP contribution in [0, 0.1) is 5.92 Å². The highest BCUT2D eigenvalue weighted by molar-refractivity contribution is 6.05. The summed E-state index contributed by atoms with van der Waals surface area (Å²) in [7, 11) is 3.81. The molecular weight excluding hydrogens is 362 g/mol. The van der Waals surface area contributed by atoms with Gasteiger partial charge in [0.2, 0.25) is 0 Å². The number of hydrazone groups is 1. The van der Waals surface area contributed by atoms with Gasteiger partial charge in [-0.15, -0.1) is 0 Å². The highest BCUT2D eigenvalue weighted by atomic mass is 16.1. The predicted molar refractivity (Wildman–Crippen MR) is 122 cm³/mol. The number of allylic oxidation sites excluding steroid dienone is 2. The predicted octanol–water partition coefficient (Wildman–Crippen LogP) is 3.28. The largest absolute Gasteiger partial charge is 0.381 e. The lowest BCUT2D eigenvalue weighted by atomic mass is 9.89. The van der Waals surface area contributed by atoms with E-state index in [0.29, 0.717) is 17.2 Å². The Kier molecular flexibility index (Phi) is 8.93. The van der Waals surface area contributed by atoms with Gasteiger partial charge in [0.1, 0.15) is 0 Å². The van der Waals surface area contributed by atoms with Crippen molar-refractivity contribution >= 4 is 17.8 Å². The van der Waals surface area contributed by atoms with E-state index in [2.05, 4.69) is 59.8 Å². The van der Waals surface area contributed by atoms with E-state index in [1.807, 2.05) is 12.1 Å². The first kappa shape index (κ1) is 22.7. The van der Waals surface area contributed by atoms with E-state index in [1.165, 1.54) is 5.56 Å². The fraction of sp³-hybridized carbons (Fsp3) is 0.478. The molecule has 1 fully saturated rings. The van der Waals surface area contributed by atoms with E-state index < -0.39 is 0 Å². The number of aryl methyl sites for hydroxylation is 1. The Balaban J connectivity index is 2.47. The maximum absolute atomic E-state index is 12.3. The molecule has 1 aliphatic heterocycles. The summed E-state index contributed by atoms with van der Waals surface area (Å²) in [5, 5.41) is 7.50. The number of carbonyl (C=O) groups is 1. The van der Waals surface area contributed by atoms with Crippen molar-refractivity contribution in [1.29, 1.82) is 0 Å². The molecule has 1 aromatic rings. The highest BCUT2D eigenvalue weighted by Crippen LogP contribution is 2.30. The van der Waals surface area contributed by atoms with Gasteiger partial charge in [-0.2, -0.15) is 5.10 Å². The van der Waals surface area contributed by atoms with Crippen molar-refractivity contribution in [2.45, 2.75) is 39.5 Å². The van der Waals surface area contributed by atoms with Gasteiger partial charge in [-0.3, -0.25) is 4.79 Å². The summed E-state index contributed by atoms with van der Waals surface area (Å²) in [6.07, 6.45) is 7.09. The van der Waals surface area contributed by atoms with E-state index in [9.17, 15) is 4.79 Å². The Bertz CT molecular complexity index is 764. The van der Waals surface area contributed by atoms with Crippen LogP contribution in [0.2, 0.25) is 0 Å². The molecule has 158 valence electrons. The summed E-state index contributed by atoms with van der Waals surface area (Å²) < 4.78 is 0. The smallest absolute Gasteiger partial charge is 0.167 e. The molecule has 1 atom stereocenters. The number of hydrogen-bond acceptors (Lipinski definition) is 5. The van der Waals surface area contributed by atoms with Crippen LogP contribution < -0.4 is 16.5 Å². The first-order chi connectivity index (χ1) is 14.0. The number of rotatable bonds is 10. The van der Waals surface area contributed by atoms with Gasteiger partial charge in [-0.1, -0.05) is 38.5 Å². The SMILES string of the molecule is CC/C=C(/C(C=O)=C(Nc1ccc(CCC)cc1)/C(N)=N\NC)C1CCN(C)C1. The number of likely N-dealkylation sites (tertiary alicyclic amines) is 1. The van der Waals surface area contributed by atoms with E-state index >= 15 is 0 Å². The third kappa shape index (κ3) is 6.19. The number of benzene rings is 1. The standard InChI is InChI=1S/C23H35N5O/c1-5-7-17-9-11-19(12-10-17)26-22(23(24)27-25-3)21(16-29)20(8-6-2)18-13-14-28(4)15-18/h8-12,16,18,25-26H,5-7,13-15H2,1-4H3,(H2,24,27)/b20-8+,22-21-. The number of nitrogens with one attached hydrogen (secondary N) is 2. The molecule has 29 heavy (non-hydrogen) atoms. The number of nitrogens with zero attached hydrogens (tertiary/aromatic N) is 2. The summed E-state index contributed by atoms with van der Waals surface area (Å²) in [6, 6.07) is 8.24. The average molecular weight is 398 g/mol. The number of carbonyl (C=O) groups excluding carboxylic acids is 1. The first-order valence-corrected chi connectivity index (χ1v) is 10.5. The Morgan fingerprint density at radius 2 is 2.03 bits per heavy atom. The van der Waals surface area contributed by atoms with Gasteiger partial charge >= 0.3 is 0 Å². The zero-order valence-electron chi connectivity index (χ0n) is 18.2. The monoisotopic (exact) mass is 397 g/mol. The van der Waals surface area contributed by atoms with Crippen molar-refractivity contribution in [3.05, 3.63) is 52.7 Å². The Labute approximate surface area is 174 Å². The van der Waals surface area contributed by atoms with Gasteiger partial charge in [0.05, 0.1) is 5.70 Å². The molecule has 1 aromatic carbocycles. The molecular formula is C23H35N5O. The van der Waals surface area contributed by atoms with Crippen molar-refractivity contribution in [3.8, 4) is 0 Å². The van der Waals surface area contributed by atoms with Crippen LogP contribution >= 0.6 is 0 Å². The van der Waals surface area contributed by atoms with Crippen LogP contribution in [0.5, 0.6) is 0 Å². The normalized spacial score (nSPS) is 19.1. The molecule has 1 saturated heterocycles. The summed E-state index contributed by atoms with van der Waals surface area (Å²) in [4.78, 5) is 14.5. The van der Waals surface area contributed by atoms with Crippen LogP contribution in [0.3, 0.4) is 0 Å². The second-order valence-corrected chi connectivity index (χ2v) is 7.51. The Hall–Kier alpha value is -2.60.